The number of halogens is 3. The molecule has 1 aromatic carbocycles. The number of hydrogen-bond acceptors (Lipinski definition) is 3. The zero-order valence-electron chi connectivity index (χ0n) is 10.7. The van der Waals surface area contributed by atoms with Gasteiger partial charge < -0.3 is 16.4 Å². The van der Waals surface area contributed by atoms with E-state index in [9.17, 15) is 18.0 Å². The summed E-state index contributed by atoms with van der Waals surface area (Å²) in [6.45, 7) is 2.11. The van der Waals surface area contributed by atoms with E-state index >= 15 is 0 Å². The Morgan fingerprint density at radius 1 is 1.35 bits per heavy atom. The standard InChI is InChI=1S/C12H14F3N3OS/c1-7(19)17-4-5-18-8-2-3-10(12(13,14)15)9(6-8)11(16)20/h2-3,6,18H,4-5H2,1H3,(H2,16,20)(H,17,19). The Bertz CT molecular complexity index is 517. The van der Waals surface area contributed by atoms with Crippen LogP contribution < -0.4 is 16.4 Å². The van der Waals surface area contributed by atoms with Gasteiger partial charge in [-0.15, -0.1) is 0 Å². The molecule has 0 fully saturated rings. The summed E-state index contributed by atoms with van der Waals surface area (Å²) in [5, 5.41) is 5.43. The van der Waals surface area contributed by atoms with Gasteiger partial charge in [0.1, 0.15) is 4.99 Å². The number of hydrogen-bond donors (Lipinski definition) is 3. The first-order chi connectivity index (χ1) is 9.21. The van der Waals surface area contributed by atoms with Crippen LogP contribution in [0.1, 0.15) is 18.1 Å². The van der Waals surface area contributed by atoms with Gasteiger partial charge in [-0.25, -0.2) is 0 Å². The molecule has 0 atom stereocenters. The molecule has 0 bridgehead atoms. The van der Waals surface area contributed by atoms with Crippen LogP contribution in [0.2, 0.25) is 0 Å². The summed E-state index contributed by atoms with van der Waals surface area (Å²) in [6, 6.07) is 3.46. The number of anilines is 1. The van der Waals surface area contributed by atoms with Crippen LogP contribution in [0.4, 0.5) is 18.9 Å². The lowest BCUT2D eigenvalue weighted by atomic mass is 10.1. The minimum Gasteiger partial charge on any atom is -0.389 e. The number of carbonyl (C=O) groups excluding carboxylic acids is 1. The molecule has 0 aliphatic carbocycles. The van der Waals surface area contributed by atoms with Crippen LogP contribution in [0.15, 0.2) is 18.2 Å². The van der Waals surface area contributed by atoms with E-state index in [0.717, 1.165) is 6.07 Å². The fourth-order valence-electron chi connectivity index (χ4n) is 1.55. The van der Waals surface area contributed by atoms with Crippen LogP contribution in [-0.4, -0.2) is 24.0 Å². The molecule has 1 aromatic rings. The summed E-state index contributed by atoms with van der Waals surface area (Å²) in [4.78, 5) is 10.3. The SMILES string of the molecule is CC(=O)NCCNc1ccc(C(F)(F)F)c(C(N)=S)c1. The smallest absolute Gasteiger partial charge is 0.389 e. The maximum Gasteiger partial charge on any atom is 0.417 e. The first-order valence-corrected chi connectivity index (χ1v) is 6.12. The zero-order chi connectivity index (χ0) is 15.3. The maximum atomic E-state index is 12.8. The van der Waals surface area contributed by atoms with E-state index in [1.165, 1.54) is 19.1 Å². The van der Waals surface area contributed by atoms with E-state index in [0.29, 0.717) is 18.8 Å². The second-order valence-corrected chi connectivity index (χ2v) is 4.47. The van der Waals surface area contributed by atoms with Crippen LogP contribution in [0.3, 0.4) is 0 Å². The average Bonchev–Trinajstić information content (AvgIpc) is 2.33. The number of nitrogens with one attached hydrogen (secondary N) is 2. The molecular formula is C12H14F3N3OS. The first kappa shape index (κ1) is 16.2. The van der Waals surface area contributed by atoms with Crippen molar-refractivity contribution in [2.45, 2.75) is 13.1 Å². The van der Waals surface area contributed by atoms with Crippen LogP contribution in [-0.2, 0) is 11.0 Å². The molecule has 4 nitrogen and oxygen atoms in total. The molecule has 0 aliphatic rings. The van der Waals surface area contributed by atoms with E-state index in [4.69, 9.17) is 5.73 Å². The monoisotopic (exact) mass is 305 g/mol. The molecule has 0 heterocycles. The maximum absolute atomic E-state index is 12.8. The summed E-state index contributed by atoms with van der Waals surface area (Å²) < 4.78 is 38.3. The topological polar surface area (TPSA) is 67.2 Å². The highest BCUT2D eigenvalue weighted by atomic mass is 32.1. The van der Waals surface area contributed by atoms with Gasteiger partial charge in [-0.1, -0.05) is 12.2 Å². The van der Waals surface area contributed by atoms with Gasteiger partial charge >= 0.3 is 6.18 Å². The van der Waals surface area contributed by atoms with Gasteiger partial charge in [-0.3, -0.25) is 4.79 Å². The molecule has 1 rings (SSSR count). The van der Waals surface area contributed by atoms with Gasteiger partial charge in [0, 0.05) is 31.3 Å². The van der Waals surface area contributed by atoms with Gasteiger partial charge in [0.15, 0.2) is 0 Å². The lowest BCUT2D eigenvalue weighted by molar-refractivity contribution is -0.137. The molecule has 4 N–H and O–H groups in total. The summed E-state index contributed by atoms with van der Waals surface area (Å²) >= 11 is 4.64. The number of carbonyl (C=O) groups is 1. The Hall–Kier alpha value is -1.83. The molecule has 0 aromatic heterocycles. The third-order valence-corrected chi connectivity index (χ3v) is 2.64. The number of rotatable bonds is 5. The van der Waals surface area contributed by atoms with Crippen molar-refractivity contribution < 1.29 is 18.0 Å². The summed E-state index contributed by atoms with van der Waals surface area (Å²) in [5.41, 5.74) is 4.68. The Morgan fingerprint density at radius 3 is 2.50 bits per heavy atom. The second kappa shape index (κ2) is 6.56. The number of benzene rings is 1. The lowest BCUT2D eigenvalue weighted by Gasteiger charge is -2.14. The molecule has 110 valence electrons. The molecule has 0 spiro atoms. The van der Waals surface area contributed by atoms with E-state index < -0.39 is 11.7 Å². The third kappa shape index (κ3) is 4.69. The van der Waals surface area contributed by atoms with Crippen molar-refractivity contribution in [1.82, 2.24) is 5.32 Å². The van der Waals surface area contributed by atoms with Crippen molar-refractivity contribution in [1.29, 1.82) is 0 Å². The fraction of sp³-hybridized carbons (Fsp3) is 0.333. The normalized spacial score (nSPS) is 11.0. The van der Waals surface area contributed by atoms with E-state index in [-0.39, 0.29) is 16.5 Å². The average molecular weight is 305 g/mol. The molecule has 20 heavy (non-hydrogen) atoms. The van der Waals surface area contributed by atoms with Crippen molar-refractivity contribution in [3.8, 4) is 0 Å². The fourth-order valence-corrected chi connectivity index (χ4v) is 1.72. The summed E-state index contributed by atoms with van der Waals surface area (Å²) in [5.74, 6) is -0.178. The first-order valence-electron chi connectivity index (χ1n) is 5.71. The van der Waals surface area contributed by atoms with Crippen LogP contribution >= 0.6 is 12.2 Å². The minimum atomic E-state index is -4.51. The largest absolute Gasteiger partial charge is 0.417 e. The predicted octanol–water partition coefficient (Wildman–Crippen LogP) is 1.89. The van der Waals surface area contributed by atoms with Crippen molar-refractivity contribution >= 4 is 28.8 Å². The summed E-state index contributed by atoms with van der Waals surface area (Å²) in [7, 11) is 0. The molecular weight excluding hydrogens is 291 g/mol. The zero-order valence-corrected chi connectivity index (χ0v) is 11.5. The van der Waals surface area contributed by atoms with Gasteiger partial charge in [-0.05, 0) is 18.2 Å². The van der Waals surface area contributed by atoms with Crippen molar-refractivity contribution in [3.05, 3.63) is 29.3 Å². The van der Waals surface area contributed by atoms with Gasteiger partial charge in [0.25, 0.3) is 0 Å². The van der Waals surface area contributed by atoms with Gasteiger partial charge in [0.2, 0.25) is 5.91 Å². The summed E-state index contributed by atoms with van der Waals surface area (Å²) in [6.07, 6.45) is -4.51. The number of thiocarbonyl (C=S) groups is 1. The molecule has 0 saturated heterocycles. The molecule has 0 aliphatic heterocycles. The molecule has 0 radical (unpaired) electrons. The van der Waals surface area contributed by atoms with Crippen molar-refractivity contribution in [3.63, 3.8) is 0 Å². The van der Waals surface area contributed by atoms with Crippen LogP contribution in [0.25, 0.3) is 0 Å². The highest BCUT2D eigenvalue weighted by Gasteiger charge is 2.33. The van der Waals surface area contributed by atoms with E-state index in [1.54, 1.807) is 0 Å². The Kier molecular flexibility index (Phi) is 5.32. The number of alkyl halides is 3. The Balaban J connectivity index is 2.83. The highest BCUT2D eigenvalue weighted by Crippen LogP contribution is 2.33. The van der Waals surface area contributed by atoms with Gasteiger partial charge in [-0.2, -0.15) is 13.2 Å². The number of nitrogens with two attached hydrogens (primary N) is 1. The van der Waals surface area contributed by atoms with Crippen molar-refractivity contribution in [2.24, 2.45) is 5.73 Å². The minimum absolute atomic E-state index is 0.178. The van der Waals surface area contributed by atoms with Crippen molar-refractivity contribution in [2.75, 3.05) is 18.4 Å². The lowest BCUT2D eigenvalue weighted by Crippen LogP contribution is -2.26. The Morgan fingerprint density at radius 2 is 2.00 bits per heavy atom. The predicted molar refractivity (Wildman–Crippen MR) is 74.5 cm³/mol. The Labute approximate surface area is 119 Å². The molecule has 0 saturated carbocycles. The molecule has 8 heteroatoms. The van der Waals surface area contributed by atoms with Crippen LogP contribution in [0, 0.1) is 0 Å². The van der Waals surface area contributed by atoms with E-state index in [1.807, 2.05) is 0 Å². The number of amides is 1. The highest BCUT2D eigenvalue weighted by molar-refractivity contribution is 7.80. The van der Waals surface area contributed by atoms with Gasteiger partial charge in [0.05, 0.1) is 5.56 Å². The second-order valence-electron chi connectivity index (χ2n) is 4.03. The third-order valence-electron chi connectivity index (χ3n) is 2.42. The quantitative estimate of drug-likeness (QED) is 0.574. The molecule has 1 amide bonds. The molecule has 0 unspecified atom stereocenters. The van der Waals surface area contributed by atoms with E-state index in [2.05, 4.69) is 22.9 Å². The van der Waals surface area contributed by atoms with Crippen LogP contribution in [0.5, 0.6) is 0 Å².